The average molecular weight is 414 g/mol. The summed E-state index contributed by atoms with van der Waals surface area (Å²) in [6.45, 7) is 0.694. The van der Waals surface area contributed by atoms with E-state index >= 15 is 0 Å². The highest BCUT2D eigenvalue weighted by Crippen LogP contribution is 2.33. The lowest BCUT2D eigenvalue weighted by Gasteiger charge is -2.28. The molecule has 8 nitrogen and oxygen atoms in total. The quantitative estimate of drug-likeness (QED) is 0.832. The van der Waals surface area contributed by atoms with Crippen LogP contribution in [0, 0.1) is 0 Å². The van der Waals surface area contributed by atoms with Gasteiger partial charge in [-0.05, 0) is 42.2 Å². The predicted octanol–water partition coefficient (Wildman–Crippen LogP) is 2.27. The Morgan fingerprint density at radius 3 is 2.66 bits per heavy atom. The first-order valence-electron chi connectivity index (χ1n) is 9.31. The van der Waals surface area contributed by atoms with E-state index in [0.717, 1.165) is 17.5 Å². The summed E-state index contributed by atoms with van der Waals surface area (Å²) in [7, 11) is -2.46. The second-order valence-electron chi connectivity index (χ2n) is 6.96. The van der Waals surface area contributed by atoms with E-state index in [1.54, 1.807) is 12.1 Å². The third kappa shape index (κ3) is 3.42. The van der Waals surface area contributed by atoms with Crippen LogP contribution in [0.2, 0.25) is 0 Å². The van der Waals surface area contributed by atoms with E-state index in [9.17, 15) is 13.2 Å². The Morgan fingerprint density at radius 2 is 1.97 bits per heavy atom. The number of carbonyl (C=O) groups is 1. The number of rotatable bonds is 3. The average Bonchev–Trinajstić information content (AvgIpc) is 3.19. The summed E-state index contributed by atoms with van der Waals surface area (Å²) in [6, 6.07) is 13.5. The van der Waals surface area contributed by atoms with Gasteiger partial charge >= 0.3 is 12.1 Å². The van der Waals surface area contributed by atoms with Crippen LogP contribution in [0.3, 0.4) is 0 Å². The normalized spacial score (nSPS) is 18.9. The summed E-state index contributed by atoms with van der Waals surface area (Å²) in [5, 5.41) is 0. The van der Waals surface area contributed by atoms with E-state index in [2.05, 4.69) is 4.99 Å². The minimum atomic E-state index is -3.87. The van der Waals surface area contributed by atoms with Crippen molar-refractivity contribution in [3.05, 3.63) is 59.7 Å². The number of sulfonamides is 1. The molecule has 1 atom stereocenters. The summed E-state index contributed by atoms with van der Waals surface area (Å²) in [6.07, 6.45) is 1.41. The molecule has 0 saturated carbocycles. The number of hydrogen-bond donors (Lipinski definition) is 1. The van der Waals surface area contributed by atoms with Gasteiger partial charge in [0.2, 0.25) is 0 Å². The van der Waals surface area contributed by atoms with Crippen molar-refractivity contribution >= 4 is 27.8 Å². The molecule has 152 valence electrons. The van der Waals surface area contributed by atoms with Gasteiger partial charge in [0, 0.05) is 12.2 Å². The SMILES string of the molecule is COC1=NC(c2ccccc2)CN1S(=O)(=O)c1ccc2c(c1)CCCN2C(N)=O. The van der Waals surface area contributed by atoms with Gasteiger partial charge in [0.1, 0.15) is 0 Å². The first kappa shape index (κ1) is 19.3. The number of methoxy groups -OCH3 is 1. The van der Waals surface area contributed by atoms with Crippen LogP contribution in [0.4, 0.5) is 10.5 Å². The molecule has 2 aliphatic heterocycles. The number of amidine groups is 1. The number of nitrogens with zero attached hydrogens (tertiary/aromatic N) is 3. The van der Waals surface area contributed by atoms with Crippen molar-refractivity contribution in [1.82, 2.24) is 4.31 Å². The summed E-state index contributed by atoms with van der Waals surface area (Å²) >= 11 is 0. The molecule has 0 aliphatic carbocycles. The molecule has 0 spiro atoms. The summed E-state index contributed by atoms with van der Waals surface area (Å²) in [4.78, 5) is 17.7. The number of benzene rings is 2. The van der Waals surface area contributed by atoms with Crippen molar-refractivity contribution < 1.29 is 17.9 Å². The lowest BCUT2D eigenvalue weighted by atomic mass is 10.0. The predicted molar refractivity (Wildman–Crippen MR) is 109 cm³/mol. The second-order valence-corrected chi connectivity index (χ2v) is 8.82. The molecule has 0 fully saturated rings. The van der Waals surface area contributed by atoms with Gasteiger partial charge in [-0.25, -0.2) is 22.5 Å². The first-order chi connectivity index (χ1) is 13.9. The van der Waals surface area contributed by atoms with Crippen molar-refractivity contribution in [2.75, 3.05) is 25.1 Å². The van der Waals surface area contributed by atoms with Gasteiger partial charge in [0.05, 0.1) is 24.6 Å². The number of aliphatic imine (C=N–C) groups is 1. The fourth-order valence-corrected chi connectivity index (χ4v) is 5.22. The number of aryl methyl sites for hydroxylation is 1. The van der Waals surface area contributed by atoms with Crippen molar-refractivity contribution in [3.8, 4) is 0 Å². The zero-order valence-electron chi connectivity index (χ0n) is 16.0. The van der Waals surface area contributed by atoms with Crippen molar-refractivity contribution in [3.63, 3.8) is 0 Å². The van der Waals surface area contributed by atoms with Crippen LogP contribution in [-0.4, -0.2) is 45.0 Å². The minimum Gasteiger partial charge on any atom is -0.468 e. The van der Waals surface area contributed by atoms with Gasteiger partial charge < -0.3 is 10.5 Å². The fraction of sp³-hybridized carbons (Fsp3) is 0.300. The number of fused-ring (bicyclic) bond motifs is 1. The Balaban J connectivity index is 1.67. The van der Waals surface area contributed by atoms with E-state index < -0.39 is 16.1 Å². The van der Waals surface area contributed by atoms with Gasteiger partial charge in [0.25, 0.3) is 10.0 Å². The number of primary amides is 1. The highest BCUT2D eigenvalue weighted by molar-refractivity contribution is 7.89. The fourth-order valence-electron chi connectivity index (χ4n) is 3.77. The highest BCUT2D eigenvalue weighted by Gasteiger charge is 2.37. The Kier molecular flexibility index (Phi) is 4.91. The molecular weight excluding hydrogens is 392 g/mol. The molecule has 1 unspecified atom stereocenters. The molecule has 0 radical (unpaired) electrons. The van der Waals surface area contributed by atoms with Crippen LogP contribution in [0.5, 0.6) is 0 Å². The zero-order chi connectivity index (χ0) is 20.6. The Labute approximate surface area is 169 Å². The molecule has 0 bridgehead atoms. The van der Waals surface area contributed by atoms with E-state index in [1.165, 1.54) is 22.4 Å². The number of carbonyl (C=O) groups excluding carboxylic acids is 1. The zero-order valence-corrected chi connectivity index (χ0v) is 16.8. The Bertz CT molecular complexity index is 1070. The van der Waals surface area contributed by atoms with Gasteiger partial charge in [-0.15, -0.1) is 0 Å². The van der Waals surface area contributed by atoms with Crippen LogP contribution in [-0.2, 0) is 21.2 Å². The molecular formula is C20H22N4O4S. The number of hydrogen-bond acceptors (Lipinski definition) is 5. The number of anilines is 1. The van der Waals surface area contributed by atoms with E-state index in [1.807, 2.05) is 30.3 Å². The molecule has 2 N–H and O–H groups in total. The van der Waals surface area contributed by atoms with E-state index in [0.29, 0.717) is 18.7 Å². The lowest BCUT2D eigenvalue weighted by molar-refractivity contribution is 0.253. The maximum atomic E-state index is 13.3. The van der Waals surface area contributed by atoms with Crippen LogP contribution < -0.4 is 10.6 Å². The number of urea groups is 1. The maximum absolute atomic E-state index is 13.3. The smallest absolute Gasteiger partial charge is 0.319 e. The van der Waals surface area contributed by atoms with Crippen LogP contribution >= 0.6 is 0 Å². The third-order valence-corrected chi connectivity index (χ3v) is 6.94. The molecule has 29 heavy (non-hydrogen) atoms. The molecule has 9 heteroatoms. The first-order valence-corrected chi connectivity index (χ1v) is 10.7. The summed E-state index contributed by atoms with van der Waals surface area (Å²) in [5.74, 6) is 0. The minimum absolute atomic E-state index is 0.0651. The Hall–Kier alpha value is -3.07. The van der Waals surface area contributed by atoms with Gasteiger partial charge in [0.15, 0.2) is 0 Å². The molecule has 0 saturated heterocycles. The molecule has 2 amide bonds. The van der Waals surface area contributed by atoms with Crippen LogP contribution in [0.25, 0.3) is 0 Å². The van der Waals surface area contributed by atoms with E-state index in [4.69, 9.17) is 10.5 Å². The lowest BCUT2D eigenvalue weighted by Crippen LogP contribution is -2.39. The highest BCUT2D eigenvalue weighted by atomic mass is 32.2. The standard InChI is InChI=1S/C20H22N4O4S/c1-28-20-22-17(14-6-3-2-4-7-14)13-24(20)29(26,27)16-9-10-18-15(12-16)8-5-11-23(18)19(21)25/h2-4,6-7,9-10,12,17H,5,8,11,13H2,1H3,(H2,21,25). The van der Waals surface area contributed by atoms with Crippen molar-refractivity contribution in [1.29, 1.82) is 0 Å². The summed E-state index contributed by atoms with van der Waals surface area (Å²) < 4.78 is 33.2. The molecule has 2 aliphatic rings. The molecule has 0 aromatic heterocycles. The summed E-state index contributed by atoms with van der Waals surface area (Å²) in [5.41, 5.74) is 7.80. The molecule has 2 aromatic rings. The largest absolute Gasteiger partial charge is 0.468 e. The monoisotopic (exact) mass is 414 g/mol. The third-order valence-electron chi connectivity index (χ3n) is 5.21. The molecule has 2 heterocycles. The van der Waals surface area contributed by atoms with Crippen molar-refractivity contribution in [2.45, 2.75) is 23.8 Å². The van der Waals surface area contributed by atoms with E-state index in [-0.39, 0.29) is 23.5 Å². The number of amides is 2. The molecule has 2 aromatic carbocycles. The van der Waals surface area contributed by atoms with Gasteiger partial charge in [-0.1, -0.05) is 30.3 Å². The number of nitrogens with two attached hydrogens (primary N) is 1. The maximum Gasteiger partial charge on any atom is 0.319 e. The van der Waals surface area contributed by atoms with Crippen LogP contribution in [0.15, 0.2) is 58.4 Å². The van der Waals surface area contributed by atoms with Gasteiger partial charge in [-0.2, -0.15) is 0 Å². The van der Waals surface area contributed by atoms with Gasteiger partial charge in [-0.3, -0.25) is 4.90 Å². The van der Waals surface area contributed by atoms with Crippen LogP contribution in [0.1, 0.15) is 23.6 Å². The topological polar surface area (TPSA) is 105 Å². The Morgan fingerprint density at radius 1 is 1.21 bits per heavy atom. The number of ether oxygens (including phenoxy) is 1. The molecule has 4 rings (SSSR count). The second kappa shape index (κ2) is 7.40. The van der Waals surface area contributed by atoms with Crippen molar-refractivity contribution in [2.24, 2.45) is 10.7 Å².